The lowest BCUT2D eigenvalue weighted by Gasteiger charge is -2.15. The molecule has 0 radical (unpaired) electrons. The smallest absolute Gasteiger partial charge is 0.0644 e. The van der Waals surface area contributed by atoms with Gasteiger partial charge in [-0.15, -0.1) is 0 Å². The van der Waals surface area contributed by atoms with Crippen molar-refractivity contribution in [3.05, 3.63) is 65.0 Å². The molecule has 0 amide bonds. The Morgan fingerprint density at radius 3 is 2.54 bits per heavy atom. The van der Waals surface area contributed by atoms with Gasteiger partial charge in [0.05, 0.1) is 5.69 Å². The van der Waals surface area contributed by atoms with Gasteiger partial charge in [0.15, 0.2) is 0 Å². The third-order valence-electron chi connectivity index (χ3n) is 4.76. The van der Waals surface area contributed by atoms with Crippen molar-refractivity contribution in [2.75, 3.05) is 5.32 Å². The quantitative estimate of drug-likeness (QED) is 0.542. The van der Waals surface area contributed by atoms with E-state index in [1.807, 2.05) is 19.2 Å². The molecule has 26 heavy (non-hydrogen) atoms. The number of hydrogen-bond acceptors (Lipinski definition) is 2. The van der Waals surface area contributed by atoms with E-state index in [9.17, 15) is 0 Å². The van der Waals surface area contributed by atoms with Gasteiger partial charge in [0.1, 0.15) is 0 Å². The number of hydrogen-bond donors (Lipinski definition) is 3. The average Bonchev–Trinajstić information content (AvgIpc) is 2.96. The lowest BCUT2D eigenvalue weighted by Crippen LogP contribution is -2.28. The van der Waals surface area contributed by atoms with E-state index in [-0.39, 0.29) is 6.04 Å². The molecule has 0 aliphatic carbocycles. The molecule has 4 N–H and O–H groups in total. The molecular weight excluding hydrogens is 318 g/mol. The van der Waals surface area contributed by atoms with Crippen molar-refractivity contribution in [3.8, 4) is 0 Å². The molecule has 0 saturated carbocycles. The first kappa shape index (κ1) is 21.8. The molecule has 0 saturated heterocycles. The minimum Gasteiger partial charge on any atom is -0.360 e. The lowest BCUT2D eigenvalue weighted by atomic mass is 9.96. The number of aromatic amines is 1. The van der Waals surface area contributed by atoms with Gasteiger partial charge >= 0.3 is 0 Å². The maximum Gasteiger partial charge on any atom is 0.0644 e. The largest absolute Gasteiger partial charge is 0.360 e. The van der Waals surface area contributed by atoms with E-state index in [0.29, 0.717) is 0 Å². The maximum atomic E-state index is 6.26. The Balaban J connectivity index is 3.36. The van der Waals surface area contributed by atoms with Crippen LogP contribution in [0, 0.1) is 0 Å². The predicted octanol–water partition coefficient (Wildman–Crippen LogP) is 4.51. The summed E-state index contributed by atoms with van der Waals surface area (Å²) in [6.07, 6.45) is 12.0. The van der Waals surface area contributed by atoms with Crippen LogP contribution < -0.4 is 21.6 Å². The first-order chi connectivity index (χ1) is 12.4. The van der Waals surface area contributed by atoms with Crippen molar-refractivity contribution >= 4 is 17.8 Å². The zero-order valence-electron chi connectivity index (χ0n) is 16.9. The Hall–Kier alpha value is -2.26. The van der Waals surface area contributed by atoms with E-state index >= 15 is 0 Å². The van der Waals surface area contributed by atoms with Crippen molar-refractivity contribution in [3.63, 3.8) is 0 Å². The summed E-state index contributed by atoms with van der Waals surface area (Å²) in [4.78, 5) is 3.25. The SMILES string of the molecule is C=C/C(=C\C)C(=C)Nc1c[nH]c(=C)/c1=C(CCC(N)CCC)\C(C)=C/C. The van der Waals surface area contributed by atoms with Crippen molar-refractivity contribution < 1.29 is 0 Å². The van der Waals surface area contributed by atoms with Crippen molar-refractivity contribution in [1.29, 1.82) is 0 Å². The maximum absolute atomic E-state index is 6.26. The van der Waals surface area contributed by atoms with Gasteiger partial charge in [0.2, 0.25) is 0 Å². The highest BCUT2D eigenvalue weighted by Gasteiger charge is 2.11. The van der Waals surface area contributed by atoms with E-state index < -0.39 is 0 Å². The fourth-order valence-corrected chi connectivity index (χ4v) is 3.10. The zero-order valence-corrected chi connectivity index (χ0v) is 16.9. The zero-order chi connectivity index (χ0) is 19.7. The van der Waals surface area contributed by atoms with Gasteiger partial charge in [0, 0.05) is 28.5 Å². The molecule has 1 heterocycles. The molecule has 0 aliphatic rings. The van der Waals surface area contributed by atoms with E-state index in [1.54, 1.807) is 6.08 Å². The molecule has 0 bridgehead atoms. The second kappa shape index (κ2) is 10.7. The minimum absolute atomic E-state index is 0.230. The van der Waals surface area contributed by atoms with Crippen LogP contribution >= 0.6 is 0 Å². The highest BCUT2D eigenvalue weighted by Crippen LogP contribution is 2.19. The molecule has 1 aromatic heterocycles. The van der Waals surface area contributed by atoms with E-state index in [1.165, 1.54) is 11.1 Å². The molecule has 142 valence electrons. The van der Waals surface area contributed by atoms with Crippen molar-refractivity contribution in [2.45, 2.75) is 59.4 Å². The Labute approximate surface area is 158 Å². The van der Waals surface area contributed by atoms with Crippen LogP contribution in [0.15, 0.2) is 54.4 Å². The molecule has 3 heteroatoms. The summed E-state index contributed by atoms with van der Waals surface area (Å²) in [6.45, 7) is 20.5. The van der Waals surface area contributed by atoms with Crippen LogP contribution in [0.3, 0.4) is 0 Å². The first-order valence-electron chi connectivity index (χ1n) is 9.42. The van der Waals surface area contributed by atoms with Gasteiger partial charge in [-0.2, -0.15) is 0 Å². The molecule has 0 aliphatic heterocycles. The fraction of sp³-hybridized carbons (Fsp3) is 0.391. The van der Waals surface area contributed by atoms with Gasteiger partial charge in [-0.25, -0.2) is 0 Å². The number of nitrogens with one attached hydrogen (secondary N) is 2. The van der Waals surface area contributed by atoms with Gasteiger partial charge in [-0.05, 0) is 51.2 Å². The molecule has 1 atom stereocenters. The van der Waals surface area contributed by atoms with Gasteiger partial charge < -0.3 is 16.0 Å². The molecule has 0 spiro atoms. The third-order valence-corrected chi connectivity index (χ3v) is 4.76. The van der Waals surface area contributed by atoms with E-state index in [2.05, 4.69) is 56.9 Å². The number of anilines is 1. The van der Waals surface area contributed by atoms with Crippen LogP contribution in [0.5, 0.6) is 0 Å². The highest BCUT2D eigenvalue weighted by atomic mass is 14.9. The standard InChI is InChI=1S/C23H35N3/c1-8-12-20(24)13-14-21(16(5)9-2)23-18(7)25-15-22(23)26-17(6)19(10-3)11-4/h9-11,15,20,25-26H,3,6-8,12-14,24H2,1-2,4-5H3/b16-9-,19-11+,23-21+. The third kappa shape index (κ3) is 5.63. The monoisotopic (exact) mass is 353 g/mol. The topological polar surface area (TPSA) is 53.8 Å². The highest BCUT2D eigenvalue weighted by molar-refractivity contribution is 5.69. The van der Waals surface area contributed by atoms with Crippen LogP contribution in [-0.4, -0.2) is 11.0 Å². The number of H-pyrrole nitrogens is 1. The van der Waals surface area contributed by atoms with Crippen LogP contribution in [0.1, 0.15) is 53.4 Å². The molecule has 1 aromatic rings. The Bertz CT molecular complexity index is 790. The fourth-order valence-electron chi connectivity index (χ4n) is 3.10. The van der Waals surface area contributed by atoms with Gasteiger partial charge in [-0.3, -0.25) is 0 Å². The summed E-state index contributed by atoms with van der Waals surface area (Å²) in [6, 6.07) is 0.230. The Kier molecular flexibility index (Phi) is 8.94. The second-order valence-corrected chi connectivity index (χ2v) is 6.65. The van der Waals surface area contributed by atoms with Crippen LogP contribution in [0.25, 0.3) is 12.2 Å². The molecule has 0 aromatic carbocycles. The molecule has 1 rings (SSSR count). The molecule has 3 nitrogen and oxygen atoms in total. The average molecular weight is 354 g/mol. The number of nitrogens with two attached hydrogens (primary N) is 1. The van der Waals surface area contributed by atoms with Gasteiger partial charge in [0.25, 0.3) is 0 Å². The summed E-state index contributed by atoms with van der Waals surface area (Å²) in [7, 11) is 0. The number of allylic oxidation sites excluding steroid dienone is 4. The van der Waals surface area contributed by atoms with Crippen LogP contribution in [0.2, 0.25) is 0 Å². The Morgan fingerprint density at radius 2 is 2.00 bits per heavy atom. The van der Waals surface area contributed by atoms with Gasteiger partial charge in [-0.1, -0.05) is 56.9 Å². The molecule has 0 fully saturated rings. The first-order valence-corrected chi connectivity index (χ1v) is 9.42. The summed E-state index contributed by atoms with van der Waals surface area (Å²) >= 11 is 0. The normalized spacial score (nSPS) is 14.8. The predicted molar refractivity (Wildman–Crippen MR) is 117 cm³/mol. The Morgan fingerprint density at radius 1 is 1.31 bits per heavy atom. The summed E-state index contributed by atoms with van der Waals surface area (Å²) in [5, 5.41) is 5.44. The number of aromatic nitrogens is 1. The molecular formula is C23H35N3. The van der Waals surface area contributed by atoms with Crippen LogP contribution in [0.4, 0.5) is 5.69 Å². The minimum atomic E-state index is 0.230. The van der Waals surface area contributed by atoms with Crippen LogP contribution in [-0.2, 0) is 0 Å². The van der Waals surface area contributed by atoms with E-state index in [0.717, 1.165) is 53.2 Å². The van der Waals surface area contributed by atoms with E-state index in [4.69, 9.17) is 5.73 Å². The molecule has 1 unspecified atom stereocenters. The van der Waals surface area contributed by atoms with Crippen molar-refractivity contribution in [1.82, 2.24) is 4.98 Å². The lowest BCUT2D eigenvalue weighted by molar-refractivity contribution is 0.568. The summed E-state index contributed by atoms with van der Waals surface area (Å²) in [5.41, 5.74) is 11.6. The summed E-state index contributed by atoms with van der Waals surface area (Å²) < 4.78 is 0. The summed E-state index contributed by atoms with van der Waals surface area (Å²) in [5.74, 6) is 0. The second-order valence-electron chi connectivity index (χ2n) is 6.65. The van der Waals surface area contributed by atoms with Crippen molar-refractivity contribution in [2.24, 2.45) is 5.73 Å². The number of rotatable bonds is 10.